The molecule has 0 spiro atoms. The summed E-state index contributed by atoms with van der Waals surface area (Å²) in [4.78, 5) is 45.5. The molecular weight excluding hydrogens is 400 g/mol. The molecule has 2 amide bonds. The van der Waals surface area contributed by atoms with Crippen molar-refractivity contribution in [2.45, 2.75) is 45.7 Å². The second kappa shape index (κ2) is 11.2. The zero-order chi connectivity index (χ0) is 23.0. The molecule has 168 valence electrons. The minimum atomic E-state index is -0.250. The van der Waals surface area contributed by atoms with Crippen LogP contribution < -0.4 is 0 Å². The number of fused-ring (bicyclic) bond motifs is 1. The quantitative estimate of drug-likeness (QED) is 0.694. The lowest BCUT2D eigenvalue weighted by Gasteiger charge is -2.38. The van der Waals surface area contributed by atoms with Crippen molar-refractivity contribution in [3.63, 3.8) is 0 Å². The lowest BCUT2D eigenvalue weighted by atomic mass is 9.95. The van der Waals surface area contributed by atoms with Gasteiger partial charge in [-0.3, -0.25) is 19.4 Å². The molecule has 31 heavy (non-hydrogen) atoms. The first-order valence-corrected chi connectivity index (χ1v) is 10.3. The molecule has 0 saturated carbocycles. The molecule has 10 nitrogen and oxygen atoms in total. The standard InChI is InChI=1S/C20H28N6O2.CH2O2/c1-5-14(2)18-20-22-19(15-7-6-10-21-13-15)23-26(20)12-11-25(18)17(28)9-8-16(27)24(3)4;2-1-3/h6-7,10,13-14,18H,5,8-9,11-12H2,1-4H3;1H,(H,2,3)/t14-,18-;/m0./s1. The number of pyridine rings is 1. The van der Waals surface area contributed by atoms with E-state index in [0.29, 0.717) is 18.9 Å². The van der Waals surface area contributed by atoms with Crippen LogP contribution in [0, 0.1) is 5.92 Å². The maximum absolute atomic E-state index is 12.9. The molecule has 2 aromatic rings. The first kappa shape index (κ1) is 24.0. The van der Waals surface area contributed by atoms with Gasteiger partial charge in [0, 0.05) is 51.4 Å². The first-order valence-electron chi connectivity index (χ1n) is 10.3. The number of aromatic nitrogens is 4. The van der Waals surface area contributed by atoms with Gasteiger partial charge in [-0.05, 0) is 18.1 Å². The Kier molecular flexibility index (Phi) is 8.65. The largest absolute Gasteiger partial charge is 0.483 e. The Morgan fingerprint density at radius 3 is 2.61 bits per heavy atom. The number of carbonyl (C=O) groups excluding carboxylic acids is 2. The molecule has 3 rings (SSSR count). The maximum atomic E-state index is 12.9. The number of hydrogen-bond acceptors (Lipinski definition) is 6. The highest BCUT2D eigenvalue weighted by atomic mass is 16.3. The molecule has 0 aliphatic carbocycles. The number of amides is 2. The molecular formula is C21H30N6O4. The van der Waals surface area contributed by atoms with Crippen LogP contribution in [0.1, 0.15) is 45.0 Å². The molecule has 2 atom stereocenters. The normalized spacial score (nSPS) is 15.9. The van der Waals surface area contributed by atoms with Gasteiger partial charge < -0.3 is 14.9 Å². The fourth-order valence-electron chi connectivity index (χ4n) is 3.48. The molecule has 1 aliphatic heterocycles. The van der Waals surface area contributed by atoms with Crippen molar-refractivity contribution < 1.29 is 19.5 Å². The van der Waals surface area contributed by atoms with Crippen LogP contribution in [0.3, 0.4) is 0 Å². The van der Waals surface area contributed by atoms with E-state index in [1.807, 2.05) is 21.7 Å². The number of carbonyl (C=O) groups is 3. The number of nitrogens with zero attached hydrogens (tertiary/aromatic N) is 6. The zero-order valence-corrected chi connectivity index (χ0v) is 18.4. The molecule has 3 heterocycles. The molecule has 1 aliphatic rings. The number of rotatable bonds is 6. The molecule has 0 saturated heterocycles. The van der Waals surface area contributed by atoms with Crippen molar-refractivity contribution in [2.24, 2.45) is 5.92 Å². The number of hydrogen-bond donors (Lipinski definition) is 1. The Labute approximate surface area is 181 Å². The molecule has 2 aromatic heterocycles. The first-order chi connectivity index (χ1) is 14.8. The third-order valence-electron chi connectivity index (χ3n) is 5.33. The van der Waals surface area contributed by atoms with Gasteiger partial charge in [-0.2, -0.15) is 5.10 Å². The fraction of sp³-hybridized carbons (Fsp3) is 0.524. The lowest BCUT2D eigenvalue weighted by Crippen LogP contribution is -2.45. The third kappa shape index (κ3) is 5.87. The smallest absolute Gasteiger partial charge is 0.290 e. The monoisotopic (exact) mass is 430 g/mol. The van der Waals surface area contributed by atoms with E-state index in [1.165, 1.54) is 4.90 Å². The van der Waals surface area contributed by atoms with Crippen molar-refractivity contribution in [1.29, 1.82) is 0 Å². The molecule has 0 radical (unpaired) electrons. The Morgan fingerprint density at radius 2 is 2.03 bits per heavy atom. The average Bonchev–Trinajstić information content (AvgIpc) is 3.21. The van der Waals surface area contributed by atoms with E-state index in [4.69, 9.17) is 14.9 Å². The van der Waals surface area contributed by atoms with Gasteiger partial charge in [-0.15, -0.1) is 0 Å². The van der Waals surface area contributed by atoms with Gasteiger partial charge in [-0.1, -0.05) is 20.3 Å². The van der Waals surface area contributed by atoms with E-state index >= 15 is 0 Å². The van der Waals surface area contributed by atoms with E-state index in [9.17, 15) is 9.59 Å². The number of carboxylic acid groups (broad SMARTS) is 1. The summed E-state index contributed by atoms with van der Waals surface area (Å²) in [5.41, 5.74) is 0.863. The third-order valence-corrected chi connectivity index (χ3v) is 5.33. The van der Waals surface area contributed by atoms with Crippen LogP contribution in [0.5, 0.6) is 0 Å². The summed E-state index contributed by atoms with van der Waals surface area (Å²) >= 11 is 0. The summed E-state index contributed by atoms with van der Waals surface area (Å²) in [7, 11) is 3.41. The summed E-state index contributed by atoms with van der Waals surface area (Å²) in [5.74, 6) is 1.64. The van der Waals surface area contributed by atoms with Crippen molar-refractivity contribution in [3.05, 3.63) is 30.4 Å². The average molecular weight is 431 g/mol. The van der Waals surface area contributed by atoms with Crippen molar-refractivity contribution in [3.8, 4) is 11.4 Å². The van der Waals surface area contributed by atoms with Crippen LogP contribution in [0.2, 0.25) is 0 Å². The van der Waals surface area contributed by atoms with Crippen molar-refractivity contribution >= 4 is 18.3 Å². The van der Waals surface area contributed by atoms with E-state index < -0.39 is 0 Å². The highest BCUT2D eigenvalue weighted by molar-refractivity contribution is 5.83. The van der Waals surface area contributed by atoms with E-state index in [-0.39, 0.29) is 43.1 Å². The molecule has 0 unspecified atom stereocenters. The maximum Gasteiger partial charge on any atom is 0.290 e. The Balaban J connectivity index is 0.00000107. The van der Waals surface area contributed by atoms with Gasteiger partial charge in [0.2, 0.25) is 11.8 Å². The van der Waals surface area contributed by atoms with Crippen molar-refractivity contribution in [1.82, 2.24) is 29.5 Å². The molecule has 1 N–H and O–H groups in total. The summed E-state index contributed by atoms with van der Waals surface area (Å²) in [6.07, 6.45) is 4.82. The van der Waals surface area contributed by atoms with Gasteiger partial charge in [0.15, 0.2) is 11.6 Å². The summed E-state index contributed by atoms with van der Waals surface area (Å²) in [6.45, 7) is 5.17. The topological polar surface area (TPSA) is 122 Å². The minimum Gasteiger partial charge on any atom is -0.483 e. The van der Waals surface area contributed by atoms with E-state index in [0.717, 1.165) is 17.8 Å². The lowest BCUT2D eigenvalue weighted by molar-refractivity contribution is -0.139. The molecule has 0 bridgehead atoms. The van der Waals surface area contributed by atoms with Gasteiger partial charge in [0.1, 0.15) is 0 Å². The predicted molar refractivity (Wildman–Crippen MR) is 114 cm³/mol. The molecule has 0 aromatic carbocycles. The highest BCUT2D eigenvalue weighted by Crippen LogP contribution is 2.34. The van der Waals surface area contributed by atoms with Crippen LogP contribution in [0.4, 0.5) is 0 Å². The van der Waals surface area contributed by atoms with Crippen LogP contribution in [-0.4, -0.2) is 73.6 Å². The second-order valence-electron chi connectivity index (χ2n) is 7.57. The second-order valence-corrected chi connectivity index (χ2v) is 7.57. The molecule has 10 heteroatoms. The SMILES string of the molecule is CC[C@H](C)[C@H]1c2nc(-c3cccnc3)nn2CCN1C(=O)CCC(=O)N(C)C.O=CO. The van der Waals surface area contributed by atoms with E-state index in [2.05, 4.69) is 23.9 Å². The van der Waals surface area contributed by atoms with Gasteiger partial charge >= 0.3 is 0 Å². The zero-order valence-electron chi connectivity index (χ0n) is 18.4. The summed E-state index contributed by atoms with van der Waals surface area (Å²) < 4.78 is 1.91. The van der Waals surface area contributed by atoms with Gasteiger partial charge in [0.25, 0.3) is 6.47 Å². The fourth-order valence-corrected chi connectivity index (χ4v) is 3.48. The van der Waals surface area contributed by atoms with Crippen LogP contribution >= 0.6 is 0 Å². The highest BCUT2D eigenvalue weighted by Gasteiger charge is 2.36. The van der Waals surface area contributed by atoms with Gasteiger partial charge in [0.05, 0.1) is 12.6 Å². The summed E-state index contributed by atoms with van der Waals surface area (Å²) in [6, 6.07) is 3.65. The molecule has 0 fully saturated rings. The van der Waals surface area contributed by atoms with Crippen molar-refractivity contribution in [2.75, 3.05) is 20.6 Å². The Morgan fingerprint density at radius 1 is 1.32 bits per heavy atom. The Hall–Kier alpha value is -3.30. The summed E-state index contributed by atoms with van der Waals surface area (Å²) in [5, 5.41) is 11.5. The minimum absolute atomic E-state index is 0.00215. The predicted octanol–water partition coefficient (Wildman–Crippen LogP) is 1.84. The van der Waals surface area contributed by atoms with Crippen LogP contribution in [-0.2, 0) is 20.9 Å². The van der Waals surface area contributed by atoms with E-state index in [1.54, 1.807) is 26.5 Å². The Bertz CT molecular complexity index is 883. The van der Waals surface area contributed by atoms with Gasteiger partial charge in [-0.25, -0.2) is 9.67 Å². The van der Waals surface area contributed by atoms with Crippen LogP contribution in [0.15, 0.2) is 24.5 Å². The van der Waals surface area contributed by atoms with Crippen LogP contribution in [0.25, 0.3) is 11.4 Å².